The molecule has 0 unspecified atom stereocenters. The minimum atomic E-state index is -0.862. The van der Waals surface area contributed by atoms with Crippen molar-refractivity contribution in [2.24, 2.45) is 5.92 Å². The summed E-state index contributed by atoms with van der Waals surface area (Å²) in [4.78, 5) is 24.6. The highest BCUT2D eigenvalue weighted by Crippen LogP contribution is 2.44. The van der Waals surface area contributed by atoms with Gasteiger partial charge in [0.15, 0.2) is 12.4 Å². The van der Waals surface area contributed by atoms with Gasteiger partial charge in [-0.15, -0.1) is 11.8 Å². The van der Waals surface area contributed by atoms with Gasteiger partial charge in [-0.3, -0.25) is 9.59 Å². The number of aliphatic hydroxyl groups excluding tert-OH is 1. The molecule has 4 aromatic rings. The molecule has 0 aromatic heterocycles. The van der Waals surface area contributed by atoms with E-state index >= 15 is 0 Å². The van der Waals surface area contributed by atoms with Gasteiger partial charge in [-0.25, -0.2) is 0 Å². The summed E-state index contributed by atoms with van der Waals surface area (Å²) in [5, 5.41) is 12.4. The van der Waals surface area contributed by atoms with Crippen molar-refractivity contribution in [3.8, 4) is 16.9 Å². The molecule has 4 aromatic carbocycles. The van der Waals surface area contributed by atoms with Crippen LogP contribution in [0.5, 0.6) is 5.75 Å². The van der Waals surface area contributed by atoms with Gasteiger partial charge in [0.25, 0.3) is 5.91 Å². The molecule has 0 spiro atoms. The molecule has 47 heavy (non-hydrogen) atoms. The highest BCUT2D eigenvalue weighted by atomic mass is 32.2. The van der Waals surface area contributed by atoms with Crippen LogP contribution in [0.3, 0.4) is 0 Å². The van der Waals surface area contributed by atoms with E-state index in [2.05, 4.69) is 24.4 Å². The number of benzene rings is 4. The Morgan fingerprint density at radius 1 is 0.894 bits per heavy atom. The van der Waals surface area contributed by atoms with Crippen LogP contribution < -0.4 is 10.1 Å². The van der Waals surface area contributed by atoms with Crippen LogP contribution in [0, 0.1) is 5.92 Å². The van der Waals surface area contributed by atoms with Crippen molar-refractivity contribution in [2.75, 3.05) is 12.9 Å². The Hall–Kier alpha value is -4.15. The highest BCUT2D eigenvalue weighted by Gasteiger charge is 2.38. The number of hydrogen-bond donors (Lipinski definition) is 2. The maximum atomic E-state index is 12.4. The Bertz CT molecular complexity index is 1660. The van der Waals surface area contributed by atoms with Crippen molar-refractivity contribution in [3.05, 3.63) is 119 Å². The van der Waals surface area contributed by atoms with Crippen molar-refractivity contribution in [2.45, 2.75) is 63.4 Å². The third-order valence-corrected chi connectivity index (χ3v) is 9.34. The molecule has 1 aliphatic rings. The number of ether oxygens (including phenoxy) is 4. The fourth-order valence-corrected chi connectivity index (χ4v) is 6.78. The van der Waals surface area contributed by atoms with E-state index in [1.807, 2.05) is 84.9 Å². The van der Waals surface area contributed by atoms with E-state index in [4.69, 9.17) is 18.9 Å². The number of rotatable bonds is 12. The summed E-state index contributed by atoms with van der Waals surface area (Å²) in [6, 6.07) is 32.0. The third-order valence-electron chi connectivity index (χ3n) is 8.19. The van der Waals surface area contributed by atoms with Crippen LogP contribution in [0.25, 0.3) is 11.1 Å². The predicted molar refractivity (Wildman–Crippen MR) is 182 cm³/mol. The minimum absolute atomic E-state index is 0.0148. The Morgan fingerprint density at radius 3 is 2.34 bits per heavy atom. The number of esters is 1. The van der Waals surface area contributed by atoms with Gasteiger partial charge >= 0.3 is 5.97 Å². The molecule has 8 nitrogen and oxygen atoms in total. The molecule has 9 heteroatoms. The maximum absolute atomic E-state index is 12.4. The van der Waals surface area contributed by atoms with Crippen molar-refractivity contribution < 1.29 is 33.6 Å². The zero-order valence-corrected chi connectivity index (χ0v) is 27.9. The van der Waals surface area contributed by atoms with Gasteiger partial charge in [0.1, 0.15) is 5.75 Å². The number of thioether (sulfide) groups is 1. The summed E-state index contributed by atoms with van der Waals surface area (Å²) >= 11 is 1.70. The monoisotopic (exact) mass is 655 g/mol. The molecule has 0 saturated carbocycles. The third kappa shape index (κ3) is 8.81. The Balaban J connectivity index is 1.37. The van der Waals surface area contributed by atoms with E-state index in [1.54, 1.807) is 25.8 Å². The smallest absolute Gasteiger partial charge is 0.303 e. The van der Waals surface area contributed by atoms with Crippen molar-refractivity contribution in [3.63, 3.8) is 0 Å². The van der Waals surface area contributed by atoms with Crippen LogP contribution in [0.2, 0.25) is 0 Å². The first-order chi connectivity index (χ1) is 22.7. The highest BCUT2D eigenvalue weighted by molar-refractivity contribution is 7.99. The van der Waals surface area contributed by atoms with E-state index in [0.29, 0.717) is 12.3 Å². The van der Waals surface area contributed by atoms with E-state index < -0.39 is 18.4 Å². The van der Waals surface area contributed by atoms with E-state index in [9.17, 15) is 14.7 Å². The second-order valence-corrected chi connectivity index (χ2v) is 12.6. The maximum Gasteiger partial charge on any atom is 0.303 e. The lowest BCUT2D eigenvalue weighted by molar-refractivity contribution is -0.268. The minimum Gasteiger partial charge on any atom is -0.496 e. The molecule has 1 aliphatic heterocycles. The molecule has 1 fully saturated rings. The summed E-state index contributed by atoms with van der Waals surface area (Å²) in [5.74, 6) is 0.732. The van der Waals surface area contributed by atoms with Gasteiger partial charge in [0.05, 0.1) is 25.9 Å². The SMILES string of the molecule is COc1ccccc1SC[C@H]1O[C@@H](c2cccc(-c3cccc(CNC(=O)[C@H](C)OC(C)=O)c3)c2)O[C@@H](c2ccc(CO)cc2)[C@H]1C. The molecule has 0 aliphatic carbocycles. The van der Waals surface area contributed by atoms with E-state index in [0.717, 1.165) is 44.0 Å². The van der Waals surface area contributed by atoms with Crippen LogP contribution in [-0.4, -0.2) is 42.1 Å². The second kappa shape index (κ2) is 16.1. The summed E-state index contributed by atoms with van der Waals surface area (Å²) < 4.78 is 24.0. The Labute approximate surface area is 280 Å². The summed E-state index contributed by atoms with van der Waals surface area (Å²) in [5.41, 5.74) is 5.65. The van der Waals surface area contributed by atoms with Crippen LogP contribution in [0.4, 0.5) is 0 Å². The lowest BCUT2D eigenvalue weighted by atomic mass is 9.91. The summed E-state index contributed by atoms with van der Waals surface area (Å²) in [6.07, 6.45) is -1.83. The van der Waals surface area contributed by atoms with Crippen molar-refractivity contribution in [1.29, 1.82) is 0 Å². The zero-order valence-electron chi connectivity index (χ0n) is 27.1. The normalized spacial score (nSPS) is 19.9. The largest absolute Gasteiger partial charge is 0.496 e. The van der Waals surface area contributed by atoms with Gasteiger partial charge in [-0.1, -0.05) is 79.7 Å². The molecule has 5 atom stereocenters. The van der Waals surface area contributed by atoms with Crippen LogP contribution in [0.1, 0.15) is 55.4 Å². The number of para-hydroxylation sites is 1. The number of carbonyl (C=O) groups excluding carboxylic acids is 2. The number of carbonyl (C=O) groups is 2. The fraction of sp³-hybridized carbons (Fsp3) is 0.316. The van der Waals surface area contributed by atoms with Crippen molar-refractivity contribution >= 4 is 23.6 Å². The van der Waals surface area contributed by atoms with Gasteiger partial charge in [0, 0.05) is 35.6 Å². The van der Waals surface area contributed by atoms with E-state index in [1.165, 1.54) is 6.92 Å². The molecule has 5 rings (SSSR count). The molecular formula is C38H41NO7S. The first-order valence-corrected chi connectivity index (χ1v) is 16.6. The number of aliphatic hydroxyl groups is 1. The molecule has 1 heterocycles. The number of hydrogen-bond acceptors (Lipinski definition) is 8. The number of nitrogens with one attached hydrogen (secondary N) is 1. The molecule has 246 valence electrons. The van der Waals surface area contributed by atoms with Gasteiger partial charge < -0.3 is 29.4 Å². The predicted octanol–water partition coefficient (Wildman–Crippen LogP) is 7.01. The molecule has 1 amide bonds. The van der Waals surface area contributed by atoms with Crippen molar-refractivity contribution in [1.82, 2.24) is 5.32 Å². The topological polar surface area (TPSA) is 103 Å². The average molecular weight is 656 g/mol. The Morgan fingerprint density at radius 2 is 1.62 bits per heavy atom. The summed E-state index contributed by atoms with van der Waals surface area (Å²) in [6.45, 7) is 5.27. The van der Waals surface area contributed by atoms with Crippen LogP contribution in [-0.2, 0) is 37.0 Å². The number of methoxy groups -OCH3 is 1. The first kappa shape index (κ1) is 34.2. The van der Waals surface area contributed by atoms with Gasteiger partial charge in [-0.2, -0.15) is 0 Å². The fourth-order valence-electron chi connectivity index (χ4n) is 5.58. The van der Waals surface area contributed by atoms with Gasteiger partial charge in [-0.05, 0) is 59.0 Å². The van der Waals surface area contributed by atoms with E-state index in [-0.39, 0.29) is 30.6 Å². The number of amides is 1. The Kier molecular flexibility index (Phi) is 11.7. The quantitative estimate of drug-likeness (QED) is 0.124. The summed E-state index contributed by atoms with van der Waals surface area (Å²) in [7, 11) is 1.68. The molecular weight excluding hydrogens is 614 g/mol. The lowest BCUT2D eigenvalue weighted by Crippen LogP contribution is -2.38. The average Bonchev–Trinajstić information content (AvgIpc) is 3.10. The molecule has 2 N–H and O–H groups in total. The standard InChI is InChI=1S/C38H41NO7S/c1-24-34(23-47-35-14-6-5-13-33(35)43-4)45-38(46-36(24)29-17-15-27(22-40)16-18-29)32-12-8-11-31(20-32)30-10-7-9-28(19-30)21-39-37(42)25(2)44-26(3)41/h5-20,24-25,34,36,38,40H,21-23H2,1-4H3,(H,39,42)/t24-,25-,34+,36+,38+/m0/s1. The van der Waals surface area contributed by atoms with Crippen LogP contribution in [0.15, 0.2) is 102 Å². The first-order valence-electron chi connectivity index (χ1n) is 15.7. The molecule has 1 saturated heterocycles. The molecule has 0 radical (unpaired) electrons. The second-order valence-electron chi connectivity index (χ2n) is 11.6. The zero-order chi connectivity index (χ0) is 33.3. The van der Waals surface area contributed by atoms with Gasteiger partial charge in [0.2, 0.25) is 0 Å². The lowest BCUT2D eigenvalue weighted by Gasteiger charge is -2.41. The molecule has 0 bridgehead atoms. The van der Waals surface area contributed by atoms with Crippen LogP contribution >= 0.6 is 11.8 Å².